The molecule has 0 N–H and O–H groups in total. The van der Waals surface area contributed by atoms with Crippen LogP contribution < -0.4 is 5.43 Å². The van der Waals surface area contributed by atoms with Crippen molar-refractivity contribution >= 4 is 61.7 Å². The summed E-state index contributed by atoms with van der Waals surface area (Å²) < 4.78 is 6.26. The average molecular weight is 484 g/mol. The van der Waals surface area contributed by atoms with Crippen LogP contribution >= 0.6 is 27.7 Å². The maximum absolute atomic E-state index is 12.7. The summed E-state index contributed by atoms with van der Waals surface area (Å²) in [7, 11) is 0. The predicted octanol–water partition coefficient (Wildman–Crippen LogP) is 4.78. The molecule has 1 saturated heterocycles. The Balaban J connectivity index is 1.60. The van der Waals surface area contributed by atoms with Crippen LogP contribution in [0, 0.1) is 6.92 Å². The molecule has 3 aromatic rings. The highest BCUT2D eigenvalue weighted by atomic mass is 79.9. The molecular weight excluding hydrogens is 470 g/mol. The molecule has 1 aliphatic heterocycles. The third kappa shape index (κ3) is 3.88. The zero-order valence-electron chi connectivity index (χ0n) is 15.7. The second kappa shape index (κ2) is 8.04. The molecular formula is C22H14BrNO5S. The highest BCUT2D eigenvalue weighted by Gasteiger charge is 2.36. The standard InChI is InChI=1S/C22H14BrNO5S/c1-12-2-4-13(5-3-12)17(25)10-24-21(27)19(30-22(24)28)8-14-11-29-18-9-15(23)6-7-16(18)20(14)26/h2-9,11H,10H2,1H3/b19-8-. The van der Waals surface area contributed by atoms with E-state index in [1.807, 2.05) is 6.92 Å². The molecule has 0 bridgehead atoms. The minimum atomic E-state index is -0.610. The first-order valence-corrected chi connectivity index (χ1v) is 10.5. The molecule has 8 heteroatoms. The van der Waals surface area contributed by atoms with Crippen LogP contribution in [0.2, 0.25) is 0 Å². The molecule has 6 nitrogen and oxygen atoms in total. The third-order valence-corrected chi connectivity index (χ3v) is 6.00. The number of benzene rings is 2. The van der Waals surface area contributed by atoms with Crippen molar-refractivity contribution in [3.05, 3.63) is 85.0 Å². The Bertz CT molecular complexity index is 1290. The summed E-state index contributed by atoms with van der Waals surface area (Å²) in [5.41, 5.74) is 1.67. The lowest BCUT2D eigenvalue weighted by Gasteiger charge is -2.11. The summed E-state index contributed by atoms with van der Waals surface area (Å²) in [5.74, 6) is -0.949. The van der Waals surface area contributed by atoms with Crippen LogP contribution in [-0.4, -0.2) is 28.4 Å². The largest absolute Gasteiger partial charge is 0.463 e. The molecule has 0 atom stereocenters. The van der Waals surface area contributed by atoms with E-state index in [4.69, 9.17) is 4.42 Å². The summed E-state index contributed by atoms with van der Waals surface area (Å²) in [6.45, 7) is 1.54. The number of thioether (sulfide) groups is 1. The Hall–Kier alpha value is -2.97. The molecule has 1 aromatic heterocycles. The SMILES string of the molecule is Cc1ccc(C(=O)CN2C(=O)S/C(=C\c3coc4cc(Br)ccc4c3=O)C2=O)cc1. The van der Waals surface area contributed by atoms with E-state index in [1.165, 1.54) is 12.3 Å². The molecule has 0 spiro atoms. The van der Waals surface area contributed by atoms with Gasteiger partial charge in [0.1, 0.15) is 11.8 Å². The molecule has 0 radical (unpaired) electrons. The number of rotatable bonds is 4. The molecule has 1 fully saturated rings. The van der Waals surface area contributed by atoms with Gasteiger partial charge in [-0.1, -0.05) is 45.8 Å². The van der Waals surface area contributed by atoms with Gasteiger partial charge in [0.05, 0.1) is 22.4 Å². The normalized spacial score (nSPS) is 15.4. The van der Waals surface area contributed by atoms with Gasteiger partial charge in [-0.3, -0.25) is 24.1 Å². The van der Waals surface area contributed by atoms with E-state index >= 15 is 0 Å². The van der Waals surface area contributed by atoms with Crippen LogP contribution in [0.3, 0.4) is 0 Å². The highest BCUT2D eigenvalue weighted by molar-refractivity contribution is 9.10. The van der Waals surface area contributed by atoms with Crippen LogP contribution in [0.25, 0.3) is 17.0 Å². The highest BCUT2D eigenvalue weighted by Crippen LogP contribution is 2.32. The third-order valence-electron chi connectivity index (χ3n) is 4.60. The minimum Gasteiger partial charge on any atom is -0.463 e. The lowest BCUT2D eigenvalue weighted by atomic mass is 10.1. The molecule has 4 rings (SSSR count). The Kier molecular flexibility index (Phi) is 5.44. The first-order valence-electron chi connectivity index (χ1n) is 8.90. The number of aryl methyl sites for hydroxylation is 1. The van der Waals surface area contributed by atoms with Gasteiger partial charge < -0.3 is 4.42 Å². The number of hydrogen-bond donors (Lipinski definition) is 0. The van der Waals surface area contributed by atoms with Crippen molar-refractivity contribution in [1.82, 2.24) is 4.90 Å². The van der Waals surface area contributed by atoms with Gasteiger partial charge >= 0.3 is 0 Å². The van der Waals surface area contributed by atoms with Crippen molar-refractivity contribution in [1.29, 1.82) is 0 Å². The smallest absolute Gasteiger partial charge is 0.293 e. The summed E-state index contributed by atoms with van der Waals surface area (Å²) in [6, 6.07) is 11.9. The molecule has 2 aromatic carbocycles. The van der Waals surface area contributed by atoms with E-state index in [0.717, 1.165) is 14.9 Å². The molecule has 2 amide bonds. The lowest BCUT2D eigenvalue weighted by Crippen LogP contribution is -2.33. The molecule has 0 aliphatic carbocycles. The maximum Gasteiger partial charge on any atom is 0.293 e. The topological polar surface area (TPSA) is 84.7 Å². The molecule has 0 unspecified atom stereocenters. The predicted molar refractivity (Wildman–Crippen MR) is 118 cm³/mol. The first kappa shape index (κ1) is 20.3. The quantitative estimate of drug-likeness (QED) is 0.392. The number of fused-ring (bicyclic) bond motifs is 1. The van der Waals surface area contributed by atoms with Crippen LogP contribution in [0.1, 0.15) is 21.5 Å². The van der Waals surface area contributed by atoms with E-state index in [2.05, 4.69) is 15.9 Å². The zero-order chi connectivity index (χ0) is 21.4. The van der Waals surface area contributed by atoms with Crippen LogP contribution in [0.5, 0.6) is 0 Å². The van der Waals surface area contributed by atoms with Crippen molar-refractivity contribution in [2.24, 2.45) is 0 Å². The summed E-state index contributed by atoms with van der Waals surface area (Å²) in [6.07, 6.45) is 2.58. The Morgan fingerprint density at radius 1 is 1.13 bits per heavy atom. The van der Waals surface area contributed by atoms with Gasteiger partial charge in [-0.05, 0) is 43.0 Å². The van der Waals surface area contributed by atoms with Crippen LogP contribution in [-0.2, 0) is 4.79 Å². The molecule has 0 saturated carbocycles. The van der Waals surface area contributed by atoms with Gasteiger partial charge in [0.25, 0.3) is 11.1 Å². The van der Waals surface area contributed by atoms with Crippen LogP contribution in [0.15, 0.2) is 67.3 Å². The van der Waals surface area contributed by atoms with Gasteiger partial charge in [0.2, 0.25) is 0 Å². The van der Waals surface area contributed by atoms with Crippen molar-refractivity contribution in [2.75, 3.05) is 6.54 Å². The number of Topliss-reactive ketones (excluding diaryl/α,β-unsaturated/α-hetero) is 1. The van der Waals surface area contributed by atoms with Gasteiger partial charge in [0.15, 0.2) is 11.2 Å². The van der Waals surface area contributed by atoms with E-state index in [-0.39, 0.29) is 28.2 Å². The monoisotopic (exact) mass is 483 g/mol. The van der Waals surface area contributed by atoms with Crippen molar-refractivity contribution in [2.45, 2.75) is 6.92 Å². The van der Waals surface area contributed by atoms with E-state index in [0.29, 0.717) is 28.3 Å². The summed E-state index contributed by atoms with van der Waals surface area (Å²) in [5, 5.41) is -0.193. The molecule has 150 valence electrons. The second-order valence-corrected chi connectivity index (χ2v) is 8.63. The Morgan fingerprint density at radius 2 is 1.87 bits per heavy atom. The number of carbonyl (C=O) groups is 3. The van der Waals surface area contributed by atoms with Crippen molar-refractivity contribution < 1.29 is 18.8 Å². The Labute approximate surface area is 183 Å². The van der Waals surface area contributed by atoms with E-state index in [1.54, 1.807) is 42.5 Å². The number of amides is 2. The fourth-order valence-electron chi connectivity index (χ4n) is 2.97. The number of ketones is 1. The molecule has 1 aliphatic rings. The van der Waals surface area contributed by atoms with Gasteiger partial charge in [-0.2, -0.15) is 0 Å². The van der Waals surface area contributed by atoms with Crippen molar-refractivity contribution in [3.8, 4) is 0 Å². The number of nitrogens with zero attached hydrogens (tertiary/aromatic N) is 1. The fourth-order valence-corrected chi connectivity index (χ4v) is 4.14. The van der Waals surface area contributed by atoms with E-state index in [9.17, 15) is 19.2 Å². The van der Waals surface area contributed by atoms with E-state index < -0.39 is 11.1 Å². The van der Waals surface area contributed by atoms with Crippen LogP contribution in [0.4, 0.5) is 4.79 Å². The fraction of sp³-hybridized carbons (Fsp3) is 0.0909. The number of carbonyl (C=O) groups excluding carboxylic acids is 3. The van der Waals surface area contributed by atoms with Crippen molar-refractivity contribution in [3.63, 3.8) is 0 Å². The zero-order valence-corrected chi connectivity index (χ0v) is 18.1. The maximum atomic E-state index is 12.7. The number of halogens is 1. The second-order valence-electron chi connectivity index (χ2n) is 6.72. The van der Waals surface area contributed by atoms with Gasteiger partial charge in [-0.25, -0.2) is 0 Å². The molecule has 30 heavy (non-hydrogen) atoms. The number of hydrogen-bond acceptors (Lipinski definition) is 6. The van der Waals surface area contributed by atoms with Gasteiger partial charge in [-0.15, -0.1) is 0 Å². The first-order chi connectivity index (χ1) is 14.3. The summed E-state index contributed by atoms with van der Waals surface area (Å²) in [4.78, 5) is 51.1. The minimum absolute atomic E-state index is 0.0699. The Morgan fingerprint density at radius 3 is 2.60 bits per heavy atom. The molecule has 2 heterocycles. The van der Waals surface area contributed by atoms with Gasteiger partial charge in [0, 0.05) is 10.0 Å². The average Bonchev–Trinajstić information content (AvgIpc) is 2.98. The number of imide groups is 1. The summed E-state index contributed by atoms with van der Waals surface area (Å²) >= 11 is 4.01. The lowest BCUT2D eigenvalue weighted by molar-refractivity contribution is -0.122.